The summed E-state index contributed by atoms with van der Waals surface area (Å²) in [6.07, 6.45) is 1.10. The van der Waals surface area contributed by atoms with Gasteiger partial charge in [0.2, 0.25) is 5.91 Å². The second-order valence-corrected chi connectivity index (χ2v) is 3.51. The summed E-state index contributed by atoms with van der Waals surface area (Å²) in [6.45, 7) is 11.6. The van der Waals surface area contributed by atoms with Gasteiger partial charge in [0.25, 0.3) is 0 Å². The van der Waals surface area contributed by atoms with Gasteiger partial charge < -0.3 is 15.5 Å². The van der Waals surface area contributed by atoms with E-state index in [0.717, 1.165) is 32.6 Å². The summed E-state index contributed by atoms with van der Waals surface area (Å²) in [6, 6.07) is 0. The van der Waals surface area contributed by atoms with Crippen LogP contribution in [0.5, 0.6) is 0 Å². The fourth-order valence-corrected chi connectivity index (χ4v) is 1.43. The molecule has 0 aliphatic rings. The van der Waals surface area contributed by atoms with Crippen LogP contribution in [-0.4, -0.2) is 50.1 Å². The zero-order valence-corrected chi connectivity index (χ0v) is 10.3. The smallest absolute Gasteiger partial charge is 0.233 e. The second-order valence-electron chi connectivity index (χ2n) is 3.51. The molecule has 0 rings (SSSR count). The van der Waals surface area contributed by atoms with Crippen molar-refractivity contribution in [2.24, 2.45) is 0 Å². The molecule has 90 valence electrons. The van der Waals surface area contributed by atoms with E-state index in [9.17, 15) is 4.79 Å². The van der Waals surface area contributed by atoms with Crippen LogP contribution in [0.2, 0.25) is 0 Å². The lowest BCUT2D eigenvalue weighted by atomic mass is 10.3. The van der Waals surface area contributed by atoms with E-state index in [1.165, 1.54) is 0 Å². The first-order valence-electron chi connectivity index (χ1n) is 5.94. The minimum absolute atomic E-state index is 0.0836. The van der Waals surface area contributed by atoms with Crippen LogP contribution in [0.4, 0.5) is 0 Å². The molecule has 2 N–H and O–H groups in total. The van der Waals surface area contributed by atoms with Crippen LogP contribution in [0.15, 0.2) is 0 Å². The predicted molar refractivity (Wildman–Crippen MR) is 64.0 cm³/mol. The van der Waals surface area contributed by atoms with Gasteiger partial charge in [-0.1, -0.05) is 13.8 Å². The molecule has 0 aliphatic heterocycles. The minimum Gasteiger partial charge on any atom is -0.355 e. The number of hydrogen-bond donors (Lipinski definition) is 2. The Morgan fingerprint density at radius 2 is 1.87 bits per heavy atom. The number of amides is 1. The van der Waals surface area contributed by atoms with E-state index >= 15 is 0 Å². The van der Waals surface area contributed by atoms with Crippen molar-refractivity contribution in [2.45, 2.75) is 27.2 Å². The van der Waals surface area contributed by atoms with Gasteiger partial charge in [0, 0.05) is 6.54 Å². The number of carbonyl (C=O) groups excluding carboxylic acids is 1. The quantitative estimate of drug-likeness (QED) is 0.549. The van der Waals surface area contributed by atoms with Crippen LogP contribution in [0.25, 0.3) is 0 Å². The standard InChI is InChI=1S/C11H25N3O/c1-4-13-11(15)10-12-8-7-9-14(5-2)6-3/h12H,4-10H2,1-3H3,(H,13,15). The second kappa shape index (κ2) is 9.93. The molecule has 0 bridgehead atoms. The molecule has 0 unspecified atom stereocenters. The van der Waals surface area contributed by atoms with Gasteiger partial charge in [-0.2, -0.15) is 0 Å². The van der Waals surface area contributed by atoms with Crippen molar-refractivity contribution < 1.29 is 4.79 Å². The molecule has 0 spiro atoms. The van der Waals surface area contributed by atoms with Crippen molar-refractivity contribution in [3.8, 4) is 0 Å². The Bertz CT molecular complexity index is 158. The van der Waals surface area contributed by atoms with Crippen molar-refractivity contribution in [2.75, 3.05) is 39.3 Å². The van der Waals surface area contributed by atoms with Crippen molar-refractivity contribution >= 4 is 5.91 Å². The lowest BCUT2D eigenvalue weighted by Gasteiger charge is -2.17. The zero-order valence-electron chi connectivity index (χ0n) is 10.3. The summed E-state index contributed by atoms with van der Waals surface area (Å²) in [5.41, 5.74) is 0. The molecule has 15 heavy (non-hydrogen) atoms. The largest absolute Gasteiger partial charge is 0.355 e. The maximum absolute atomic E-state index is 11.1. The zero-order chi connectivity index (χ0) is 11.5. The van der Waals surface area contributed by atoms with Gasteiger partial charge in [0.1, 0.15) is 0 Å². The molecule has 1 amide bonds. The summed E-state index contributed by atoms with van der Waals surface area (Å²) in [4.78, 5) is 13.5. The van der Waals surface area contributed by atoms with Gasteiger partial charge >= 0.3 is 0 Å². The third-order valence-corrected chi connectivity index (χ3v) is 2.38. The average Bonchev–Trinajstić information content (AvgIpc) is 2.24. The number of likely N-dealkylation sites (N-methyl/N-ethyl adjacent to an activating group) is 1. The van der Waals surface area contributed by atoms with E-state index in [1.54, 1.807) is 0 Å². The fourth-order valence-electron chi connectivity index (χ4n) is 1.43. The number of carbonyl (C=O) groups is 1. The third-order valence-electron chi connectivity index (χ3n) is 2.38. The SMILES string of the molecule is CCNC(=O)CNCCCN(CC)CC. The molecule has 0 aromatic rings. The van der Waals surface area contributed by atoms with Crippen LogP contribution >= 0.6 is 0 Å². The van der Waals surface area contributed by atoms with Crippen LogP contribution < -0.4 is 10.6 Å². The molecule has 4 heteroatoms. The van der Waals surface area contributed by atoms with Crippen molar-refractivity contribution in [3.63, 3.8) is 0 Å². The highest BCUT2D eigenvalue weighted by Gasteiger charge is 1.99. The maximum atomic E-state index is 11.1. The Labute approximate surface area is 93.4 Å². The summed E-state index contributed by atoms with van der Waals surface area (Å²) < 4.78 is 0. The van der Waals surface area contributed by atoms with Crippen LogP contribution in [0.1, 0.15) is 27.2 Å². The van der Waals surface area contributed by atoms with Crippen molar-refractivity contribution in [1.29, 1.82) is 0 Å². The average molecular weight is 215 g/mol. The summed E-state index contributed by atoms with van der Waals surface area (Å²) in [5.74, 6) is 0.0836. The summed E-state index contributed by atoms with van der Waals surface area (Å²) in [5, 5.41) is 5.89. The molecule has 0 heterocycles. The normalized spacial score (nSPS) is 10.7. The Morgan fingerprint density at radius 1 is 1.20 bits per heavy atom. The third kappa shape index (κ3) is 8.39. The lowest BCUT2D eigenvalue weighted by molar-refractivity contribution is -0.120. The van der Waals surface area contributed by atoms with Crippen LogP contribution in [0, 0.1) is 0 Å². The van der Waals surface area contributed by atoms with Crippen LogP contribution in [0.3, 0.4) is 0 Å². The van der Waals surface area contributed by atoms with Crippen molar-refractivity contribution in [1.82, 2.24) is 15.5 Å². The van der Waals surface area contributed by atoms with Gasteiger partial charge in [-0.3, -0.25) is 4.79 Å². The molecule has 0 aromatic heterocycles. The summed E-state index contributed by atoms with van der Waals surface area (Å²) in [7, 11) is 0. The van der Waals surface area contributed by atoms with E-state index in [-0.39, 0.29) is 5.91 Å². The van der Waals surface area contributed by atoms with E-state index in [4.69, 9.17) is 0 Å². The Morgan fingerprint density at radius 3 is 2.40 bits per heavy atom. The van der Waals surface area contributed by atoms with E-state index in [1.807, 2.05) is 6.92 Å². The highest BCUT2D eigenvalue weighted by molar-refractivity contribution is 5.77. The van der Waals surface area contributed by atoms with E-state index < -0.39 is 0 Å². The van der Waals surface area contributed by atoms with Crippen molar-refractivity contribution in [3.05, 3.63) is 0 Å². The highest BCUT2D eigenvalue weighted by atomic mass is 16.1. The summed E-state index contributed by atoms with van der Waals surface area (Å²) >= 11 is 0. The first-order chi connectivity index (χ1) is 7.24. The number of nitrogens with zero attached hydrogens (tertiary/aromatic N) is 1. The van der Waals surface area contributed by atoms with Gasteiger partial charge in [-0.05, 0) is 39.5 Å². The van der Waals surface area contributed by atoms with Gasteiger partial charge in [0.05, 0.1) is 6.54 Å². The number of nitrogens with one attached hydrogen (secondary N) is 2. The van der Waals surface area contributed by atoms with Gasteiger partial charge in [0.15, 0.2) is 0 Å². The molecular formula is C11H25N3O. The topological polar surface area (TPSA) is 44.4 Å². The Balaban J connectivity index is 3.27. The lowest BCUT2D eigenvalue weighted by Crippen LogP contribution is -2.35. The molecular weight excluding hydrogens is 190 g/mol. The fraction of sp³-hybridized carbons (Fsp3) is 0.909. The van der Waals surface area contributed by atoms with Crippen LogP contribution in [-0.2, 0) is 4.79 Å². The van der Waals surface area contributed by atoms with E-state index in [0.29, 0.717) is 13.1 Å². The minimum atomic E-state index is 0.0836. The molecule has 4 nitrogen and oxygen atoms in total. The number of rotatable bonds is 9. The van der Waals surface area contributed by atoms with Gasteiger partial charge in [-0.25, -0.2) is 0 Å². The monoisotopic (exact) mass is 215 g/mol. The molecule has 0 atom stereocenters. The molecule has 0 saturated heterocycles. The Hall–Kier alpha value is -0.610. The van der Waals surface area contributed by atoms with Gasteiger partial charge in [-0.15, -0.1) is 0 Å². The Kier molecular flexibility index (Phi) is 9.52. The number of hydrogen-bond acceptors (Lipinski definition) is 3. The van der Waals surface area contributed by atoms with E-state index in [2.05, 4.69) is 29.4 Å². The highest BCUT2D eigenvalue weighted by Crippen LogP contribution is 1.88. The molecule has 0 radical (unpaired) electrons. The first kappa shape index (κ1) is 14.4. The molecule has 0 fully saturated rings. The molecule has 0 aromatic carbocycles. The predicted octanol–water partition coefficient (Wildman–Crippen LogP) is 0.444. The molecule has 0 saturated carbocycles. The molecule has 0 aliphatic carbocycles. The first-order valence-corrected chi connectivity index (χ1v) is 5.94. The maximum Gasteiger partial charge on any atom is 0.233 e.